The van der Waals surface area contributed by atoms with Crippen LogP contribution in [-0.4, -0.2) is 57.8 Å². The highest BCUT2D eigenvalue weighted by Gasteiger charge is 2.64. The number of ketones is 1. The van der Waals surface area contributed by atoms with Crippen LogP contribution in [0.5, 0.6) is 11.5 Å². The van der Waals surface area contributed by atoms with E-state index < -0.39 is 51.7 Å². The summed E-state index contributed by atoms with van der Waals surface area (Å²) >= 11 is 6.78. The third-order valence-corrected chi connectivity index (χ3v) is 10.9. The summed E-state index contributed by atoms with van der Waals surface area (Å²) in [5.74, 6) is -2.14. The molecule has 4 rings (SSSR count). The fraction of sp³-hybridized carbons (Fsp3) is 0.477. The largest absolute Gasteiger partial charge is 0.493 e. The Morgan fingerprint density at radius 2 is 1.30 bits per heavy atom. The number of ether oxygens (including phenoxy) is 3. The molecule has 2 N–H and O–H groups in total. The van der Waals surface area contributed by atoms with Crippen LogP contribution >= 0.6 is 11.6 Å². The first-order valence-corrected chi connectivity index (χ1v) is 19.4. The predicted octanol–water partition coefficient (Wildman–Crippen LogP) is 9.16. The third-order valence-electron chi connectivity index (χ3n) is 10.4. The maximum absolute atomic E-state index is 14.1. The molecule has 1 heterocycles. The molecule has 0 radical (unpaired) electrons. The van der Waals surface area contributed by atoms with E-state index in [1.807, 2.05) is 42.5 Å². The Hall–Kier alpha value is -4.90. The molecule has 56 heavy (non-hydrogen) atoms. The topological polar surface area (TPSA) is 140 Å². The first-order valence-electron chi connectivity index (χ1n) is 19.0. The lowest BCUT2D eigenvalue weighted by Crippen LogP contribution is -2.63. The number of hydrogen-bond acceptors (Lipinski definition) is 8. The van der Waals surface area contributed by atoms with Gasteiger partial charge in [-0.05, 0) is 79.0 Å². The van der Waals surface area contributed by atoms with Crippen molar-refractivity contribution in [2.45, 2.75) is 123 Å². The Morgan fingerprint density at radius 1 is 0.786 bits per heavy atom. The Balaban J connectivity index is 1.62. The van der Waals surface area contributed by atoms with Crippen molar-refractivity contribution in [1.29, 1.82) is 0 Å². The number of rotatable bonds is 16. The fourth-order valence-electron chi connectivity index (χ4n) is 6.17. The van der Waals surface area contributed by atoms with E-state index in [-0.39, 0.29) is 29.5 Å². The van der Waals surface area contributed by atoms with Gasteiger partial charge in [0.2, 0.25) is 0 Å². The van der Waals surface area contributed by atoms with Gasteiger partial charge in [-0.2, -0.15) is 0 Å². The van der Waals surface area contributed by atoms with Gasteiger partial charge in [0.05, 0.1) is 6.61 Å². The highest BCUT2D eigenvalue weighted by molar-refractivity contribution is 6.50. The van der Waals surface area contributed by atoms with Crippen LogP contribution in [0.15, 0.2) is 72.8 Å². The van der Waals surface area contributed by atoms with Gasteiger partial charge < -0.3 is 24.8 Å². The molecular weight excluding hydrogens is 734 g/mol. The smallest absolute Gasteiger partial charge is 0.420 e. The van der Waals surface area contributed by atoms with Crippen LogP contribution in [0.2, 0.25) is 0 Å². The van der Waals surface area contributed by atoms with Crippen molar-refractivity contribution in [2.24, 2.45) is 5.41 Å². The van der Waals surface area contributed by atoms with Crippen molar-refractivity contribution >= 4 is 52.6 Å². The van der Waals surface area contributed by atoms with E-state index in [2.05, 4.69) is 58.2 Å². The monoisotopic (exact) mass is 789 g/mol. The summed E-state index contributed by atoms with van der Waals surface area (Å²) in [6.07, 6.45) is -0.273. The standard InChI is InChI=1S/C44H56ClN3O8/c1-12-41(6,7)30-21-14-16-23-32(30)54-26-25-34(55-33-24-17-15-22-31(33)42(8,9)13-2)35(49)46-28-19-18-20-29(27-28)47-37(51)44(45,36(50)40(3,4)5)48-38(52)43(10,11)56-39(48)53/h14-24,27,34H,12-13,25-26H2,1-11H3,(H,46,49)(H,47,51). The normalized spacial score (nSPS) is 16.0. The molecule has 0 saturated carbocycles. The summed E-state index contributed by atoms with van der Waals surface area (Å²) < 4.78 is 18.0. The quantitative estimate of drug-likeness (QED) is 0.0832. The molecule has 0 aliphatic carbocycles. The van der Waals surface area contributed by atoms with Gasteiger partial charge in [0.25, 0.3) is 22.7 Å². The fourth-order valence-corrected chi connectivity index (χ4v) is 6.65. The van der Waals surface area contributed by atoms with E-state index in [1.165, 1.54) is 46.8 Å². The number of halogens is 1. The van der Waals surface area contributed by atoms with Gasteiger partial charge in [-0.25, -0.2) is 9.69 Å². The van der Waals surface area contributed by atoms with Crippen molar-refractivity contribution in [1.82, 2.24) is 4.90 Å². The summed E-state index contributed by atoms with van der Waals surface area (Å²) in [5.41, 5.74) is -0.806. The second-order valence-electron chi connectivity index (χ2n) is 17.0. The van der Waals surface area contributed by atoms with Gasteiger partial charge in [-0.15, -0.1) is 0 Å². The van der Waals surface area contributed by atoms with Crippen LogP contribution in [0.25, 0.3) is 0 Å². The molecule has 1 saturated heterocycles. The van der Waals surface area contributed by atoms with Gasteiger partial charge in [-0.1, -0.05) is 116 Å². The van der Waals surface area contributed by atoms with Gasteiger partial charge in [0.1, 0.15) is 11.5 Å². The van der Waals surface area contributed by atoms with Gasteiger partial charge in [-0.3, -0.25) is 19.2 Å². The number of nitrogens with one attached hydrogen (secondary N) is 2. The van der Waals surface area contributed by atoms with Crippen LogP contribution in [0.4, 0.5) is 16.2 Å². The lowest BCUT2D eigenvalue weighted by Gasteiger charge is -2.35. The Kier molecular flexibility index (Phi) is 13.1. The maximum Gasteiger partial charge on any atom is 0.420 e. The molecular formula is C44H56ClN3O8. The minimum Gasteiger partial charge on any atom is -0.493 e. The van der Waals surface area contributed by atoms with E-state index in [9.17, 15) is 24.0 Å². The first-order chi connectivity index (χ1) is 26.0. The molecule has 4 amide bonds. The molecule has 1 aliphatic rings. The molecule has 0 aromatic heterocycles. The molecule has 1 aliphatic heterocycles. The Labute approximate surface area is 335 Å². The molecule has 302 valence electrons. The van der Waals surface area contributed by atoms with Gasteiger partial charge >= 0.3 is 6.09 Å². The van der Waals surface area contributed by atoms with E-state index >= 15 is 0 Å². The number of cyclic esters (lactones) is 1. The van der Waals surface area contributed by atoms with Crippen molar-refractivity contribution in [3.63, 3.8) is 0 Å². The average Bonchev–Trinajstić information content (AvgIpc) is 3.35. The van der Waals surface area contributed by atoms with E-state index in [1.54, 1.807) is 12.1 Å². The van der Waals surface area contributed by atoms with Gasteiger partial charge in [0.15, 0.2) is 17.5 Å². The maximum atomic E-state index is 14.1. The van der Waals surface area contributed by atoms with Crippen molar-refractivity contribution in [3.05, 3.63) is 83.9 Å². The average molecular weight is 790 g/mol. The van der Waals surface area contributed by atoms with Crippen LogP contribution in [-0.2, 0) is 34.7 Å². The molecule has 11 nitrogen and oxygen atoms in total. The molecule has 0 bridgehead atoms. The molecule has 0 spiro atoms. The second kappa shape index (κ2) is 16.7. The summed E-state index contributed by atoms with van der Waals surface area (Å²) in [7, 11) is 0. The number of amides is 4. The zero-order valence-electron chi connectivity index (χ0n) is 34.4. The zero-order chi connectivity index (χ0) is 41.9. The van der Waals surface area contributed by atoms with Crippen molar-refractivity contribution in [3.8, 4) is 11.5 Å². The lowest BCUT2D eigenvalue weighted by atomic mass is 9.81. The minimum absolute atomic E-state index is 0.123. The summed E-state index contributed by atoms with van der Waals surface area (Å²) in [4.78, 5) is 65.6. The summed E-state index contributed by atoms with van der Waals surface area (Å²) in [6.45, 7) is 20.2. The molecule has 1 fully saturated rings. The number of nitrogens with zero attached hydrogens (tertiary/aromatic N) is 1. The summed E-state index contributed by atoms with van der Waals surface area (Å²) in [6, 6.07) is 21.7. The number of anilines is 2. The SMILES string of the molecule is CCC(C)(C)c1ccccc1OCCC(Oc1ccccc1C(C)(C)CC)C(=O)Nc1cccc(NC(=O)C(Cl)(C(=O)C(C)(C)C)N2C(=O)OC(C)(C)C2=O)c1. The Bertz CT molecular complexity index is 1970. The van der Waals surface area contributed by atoms with E-state index in [0.29, 0.717) is 16.3 Å². The van der Waals surface area contributed by atoms with E-state index in [0.717, 1.165) is 29.7 Å². The number of hydrogen-bond donors (Lipinski definition) is 2. The molecule has 3 aromatic rings. The van der Waals surface area contributed by atoms with Crippen molar-refractivity contribution in [2.75, 3.05) is 17.2 Å². The zero-order valence-corrected chi connectivity index (χ0v) is 35.2. The highest BCUT2D eigenvalue weighted by atomic mass is 35.5. The number of imide groups is 1. The van der Waals surface area contributed by atoms with Gasteiger partial charge in [0, 0.05) is 23.2 Å². The third kappa shape index (κ3) is 9.37. The van der Waals surface area contributed by atoms with Crippen LogP contribution in [0.1, 0.15) is 107 Å². The molecule has 2 unspecified atom stereocenters. The number of para-hydroxylation sites is 2. The lowest BCUT2D eigenvalue weighted by molar-refractivity contribution is -0.148. The predicted molar refractivity (Wildman–Crippen MR) is 218 cm³/mol. The first kappa shape index (κ1) is 43.8. The number of Topliss-reactive ketones (excluding diaryl/α,β-unsaturated/α-hetero) is 1. The molecule has 2 atom stereocenters. The van der Waals surface area contributed by atoms with Crippen LogP contribution in [0.3, 0.4) is 0 Å². The number of alkyl halides is 1. The minimum atomic E-state index is -2.77. The number of carbonyl (C=O) groups is 5. The Morgan fingerprint density at radius 3 is 1.82 bits per heavy atom. The second-order valence-corrected chi connectivity index (χ2v) is 17.5. The molecule has 3 aromatic carbocycles. The highest BCUT2D eigenvalue weighted by Crippen LogP contribution is 2.40. The molecule has 12 heteroatoms. The van der Waals surface area contributed by atoms with Crippen molar-refractivity contribution < 1.29 is 38.2 Å². The number of benzene rings is 3. The van der Waals surface area contributed by atoms with Crippen LogP contribution < -0.4 is 20.1 Å². The van der Waals surface area contributed by atoms with E-state index in [4.69, 9.17) is 25.8 Å². The number of carbonyl (C=O) groups excluding carboxylic acids is 5. The summed E-state index contributed by atoms with van der Waals surface area (Å²) in [5, 5.41) is 5.47. The van der Waals surface area contributed by atoms with Crippen LogP contribution in [0, 0.1) is 5.41 Å².